The van der Waals surface area contributed by atoms with E-state index in [1.807, 2.05) is 0 Å². The molecule has 0 unspecified atom stereocenters. The van der Waals surface area contributed by atoms with Crippen molar-refractivity contribution in [2.45, 2.75) is 37.1 Å². The van der Waals surface area contributed by atoms with Crippen LogP contribution in [0.4, 0.5) is 0 Å². The molecule has 0 radical (unpaired) electrons. The van der Waals surface area contributed by atoms with E-state index in [0.717, 1.165) is 12.8 Å². The quantitative estimate of drug-likeness (QED) is 0.659. The van der Waals surface area contributed by atoms with Crippen molar-refractivity contribution in [3.63, 3.8) is 0 Å². The Kier molecular flexibility index (Phi) is 3.67. The summed E-state index contributed by atoms with van der Waals surface area (Å²) in [6.45, 7) is 1.72. The Labute approximate surface area is 105 Å². The molecular formula is C10H16N4O3S. The maximum Gasteiger partial charge on any atom is 0.243 e. The van der Waals surface area contributed by atoms with E-state index in [2.05, 4.69) is 20.2 Å². The molecule has 0 aliphatic heterocycles. The van der Waals surface area contributed by atoms with Crippen LogP contribution in [0, 0.1) is 6.92 Å². The number of carbonyl (C=O) groups excluding carboxylic acids is 1. The minimum Gasteiger partial charge on any atom is -0.353 e. The molecule has 1 aromatic heterocycles. The van der Waals surface area contributed by atoms with E-state index in [9.17, 15) is 13.2 Å². The van der Waals surface area contributed by atoms with Gasteiger partial charge in [0, 0.05) is 19.0 Å². The zero-order valence-corrected chi connectivity index (χ0v) is 10.9. The number of amides is 1. The molecule has 0 bridgehead atoms. The van der Waals surface area contributed by atoms with Crippen LogP contribution in [0.15, 0.2) is 11.1 Å². The van der Waals surface area contributed by atoms with Gasteiger partial charge in [-0.25, -0.2) is 13.1 Å². The molecule has 100 valence electrons. The predicted molar refractivity (Wildman–Crippen MR) is 64.3 cm³/mol. The van der Waals surface area contributed by atoms with Gasteiger partial charge in [-0.2, -0.15) is 5.10 Å². The molecule has 8 heteroatoms. The zero-order chi connectivity index (χ0) is 13.2. The molecule has 0 saturated heterocycles. The first-order chi connectivity index (χ1) is 8.49. The summed E-state index contributed by atoms with van der Waals surface area (Å²) in [5, 5.41) is 9.01. The first-order valence-electron chi connectivity index (χ1n) is 5.78. The summed E-state index contributed by atoms with van der Waals surface area (Å²) in [6, 6.07) is 0.297. The highest BCUT2D eigenvalue weighted by molar-refractivity contribution is 7.89. The lowest BCUT2D eigenvalue weighted by atomic mass is 10.4. The van der Waals surface area contributed by atoms with Gasteiger partial charge in [0.25, 0.3) is 0 Å². The molecule has 1 fully saturated rings. The van der Waals surface area contributed by atoms with Gasteiger partial charge < -0.3 is 5.32 Å². The van der Waals surface area contributed by atoms with Crippen molar-refractivity contribution in [1.82, 2.24) is 20.2 Å². The lowest BCUT2D eigenvalue weighted by molar-refractivity contribution is -0.121. The van der Waals surface area contributed by atoms with Crippen LogP contribution in [-0.2, 0) is 14.8 Å². The smallest absolute Gasteiger partial charge is 0.243 e. The molecule has 1 aliphatic rings. The van der Waals surface area contributed by atoms with E-state index >= 15 is 0 Å². The minimum atomic E-state index is -3.58. The van der Waals surface area contributed by atoms with Crippen LogP contribution < -0.4 is 10.0 Å². The minimum absolute atomic E-state index is 0.0888. The highest BCUT2D eigenvalue weighted by Crippen LogP contribution is 2.18. The number of hydrogen-bond acceptors (Lipinski definition) is 4. The van der Waals surface area contributed by atoms with Crippen molar-refractivity contribution in [3.05, 3.63) is 11.9 Å². The van der Waals surface area contributed by atoms with Crippen LogP contribution in [0.1, 0.15) is 25.0 Å². The molecule has 1 amide bonds. The largest absolute Gasteiger partial charge is 0.353 e. The molecule has 3 N–H and O–H groups in total. The van der Waals surface area contributed by atoms with E-state index in [0.29, 0.717) is 11.7 Å². The van der Waals surface area contributed by atoms with Crippen LogP contribution in [0.2, 0.25) is 0 Å². The maximum atomic E-state index is 11.8. The van der Waals surface area contributed by atoms with Gasteiger partial charge in [-0.1, -0.05) is 0 Å². The van der Waals surface area contributed by atoms with Gasteiger partial charge in [-0.3, -0.25) is 9.89 Å². The van der Waals surface area contributed by atoms with Crippen molar-refractivity contribution < 1.29 is 13.2 Å². The van der Waals surface area contributed by atoms with Crippen molar-refractivity contribution in [2.75, 3.05) is 6.54 Å². The summed E-state index contributed by atoms with van der Waals surface area (Å²) in [5.74, 6) is -0.121. The Morgan fingerprint density at radius 2 is 2.28 bits per heavy atom. The topological polar surface area (TPSA) is 104 Å². The normalized spacial score (nSPS) is 15.6. The van der Waals surface area contributed by atoms with Gasteiger partial charge in [0.05, 0.1) is 11.9 Å². The summed E-state index contributed by atoms with van der Waals surface area (Å²) in [7, 11) is -3.58. The summed E-state index contributed by atoms with van der Waals surface area (Å²) >= 11 is 0. The molecule has 7 nitrogen and oxygen atoms in total. The molecule has 0 aromatic carbocycles. The molecule has 1 aromatic rings. The predicted octanol–water partition coefficient (Wildman–Crippen LogP) is -0.335. The van der Waals surface area contributed by atoms with Gasteiger partial charge in [0.1, 0.15) is 4.90 Å². The summed E-state index contributed by atoms with van der Waals surface area (Å²) in [5.41, 5.74) is 0.477. The molecule has 1 saturated carbocycles. The Hall–Kier alpha value is -1.41. The number of aromatic amines is 1. The van der Waals surface area contributed by atoms with E-state index in [1.165, 1.54) is 6.20 Å². The van der Waals surface area contributed by atoms with E-state index in [-0.39, 0.29) is 23.8 Å². The Morgan fingerprint density at radius 3 is 2.83 bits per heavy atom. The van der Waals surface area contributed by atoms with E-state index < -0.39 is 10.0 Å². The summed E-state index contributed by atoms with van der Waals surface area (Å²) in [4.78, 5) is 11.5. The number of sulfonamides is 1. The van der Waals surface area contributed by atoms with Crippen LogP contribution in [0.3, 0.4) is 0 Å². The molecule has 0 atom stereocenters. The van der Waals surface area contributed by atoms with Gasteiger partial charge in [-0.15, -0.1) is 0 Å². The van der Waals surface area contributed by atoms with Crippen molar-refractivity contribution in [2.24, 2.45) is 0 Å². The Balaban J connectivity index is 1.82. The molecule has 0 spiro atoms. The first-order valence-corrected chi connectivity index (χ1v) is 7.26. The molecule has 1 heterocycles. The third-order valence-corrected chi connectivity index (χ3v) is 4.23. The van der Waals surface area contributed by atoms with Gasteiger partial charge in [-0.05, 0) is 19.8 Å². The number of nitrogens with zero attached hydrogens (tertiary/aromatic N) is 1. The number of H-pyrrole nitrogens is 1. The van der Waals surface area contributed by atoms with Crippen molar-refractivity contribution in [3.8, 4) is 0 Å². The number of carbonyl (C=O) groups is 1. The monoisotopic (exact) mass is 272 g/mol. The van der Waals surface area contributed by atoms with Crippen molar-refractivity contribution in [1.29, 1.82) is 0 Å². The second-order valence-corrected chi connectivity index (χ2v) is 6.08. The fraction of sp³-hybridized carbons (Fsp3) is 0.600. The van der Waals surface area contributed by atoms with Crippen LogP contribution in [-0.4, -0.2) is 37.1 Å². The maximum absolute atomic E-state index is 11.8. The average molecular weight is 272 g/mol. The van der Waals surface area contributed by atoms with Gasteiger partial charge in [0.2, 0.25) is 15.9 Å². The highest BCUT2D eigenvalue weighted by atomic mass is 32.2. The Morgan fingerprint density at radius 1 is 1.56 bits per heavy atom. The van der Waals surface area contributed by atoms with Crippen LogP contribution >= 0.6 is 0 Å². The van der Waals surface area contributed by atoms with Gasteiger partial charge >= 0.3 is 0 Å². The summed E-state index contributed by atoms with van der Waals surface area (Å²) in [6.07, 6.45) is 3.44. The number of rotatable bonds is 6. The fourth-order valence-corrected chi connectivity index (χ4v) is 2.68. The standard InChI is InChI=1S/C10H16N4O3S/c1-7-9(6-11-14-7)18(16,17)12-5-4-10(15)13-8-2-3-8/h6,8,12H,2-5H2,1H3,(H,11,14)(H,13,15). The van der Waals surface area contributed by atoms with E-state index in [4.69, 9.17) is 0 Å². The lowest BCUT2D eigenvalue weighted by Crippen LogP contribution is -2.31. The van der Waals surface area contributed by atoms with E-state index in [1.54, 1.807) is 6.92 Å². The fourth-order valence-electron chi connectivity index (χ4n) is 1.51. The van der Waals surface area contributed by atoms with Gasteiger partial charge in [0.15, 0.2) is 0 Å². The summed E-state index contributed by atoms with van der Waals surface area (Å²) < 4.78 is 26.0. The third kappa shape index (κ3) is 3.30. The number of aryl methyl sites for hydroxylation is 1. The second-order valence-electron chi connectivity index (χ2n) is 4.35. The molecule has 18 heavy (non-hydrogen) atoms. The lowest BCUT2D eigenvalue weighted by Gasteiger charge is -2.06. The van der Waals surface area contributed by atoms with Crippen molar-refractivity contribution >= 4 is 15.9 Å². The van der Waals surface area contributed by atoms with Crippen LogP contribution in [0.25, 0.3) is 0 Å². The second kappa shape index (κ2) is 5.07. The van der Waals surface area contributed by atoms with Crippen LogP contribution in [0.5, 0.6) is 0 Å². The molecule has 1 aliphatic carbocycles. The first kappa shape index (κ1) is 13.0. The SMILES string of the molecule is Cc1[nH]ncc1S(=O)(=O)NCCC(=O)NC1CC1. The average Bonchev–Trinajstić information content (AvgIpc) is 2.97. The Bertz CT molecular complexity index is 533. The molecular weight excluding hydrogens is 256 g/mol. The highest BCUT2D eigenvalue weighted by Gasteiger charge is 2.23. The number of hydrogen-bond donors (Lipinski definition) is 3. The number of aromatic nitrogens is 2. The number of nitrogens with one attached hydrogen (secondary N) is 3. The third-order valence-electron chi connectivity index (χ3n) is 2.66. The molecule has 2 rings (SSSR count). The zero-order valence-electron chi connectivity index (χ0n) is 10.1.